The molecule has 2 bridgehead atoms. The van der Waals surface area contributed by atoms with E-state index in [0.29, 0.717) is 12.1 Å². The van der Waals surface area contributed by atoms with E-state index in [2.05, 4.69) is 18.0 Å². The van der Waals surface area contributed by atoms with Crippen LogP contribution in [0.3, 0.4) is 0 Å². The Morgan fingerprint density at radius 3 is 2.61 bits per heavy atom. The summed E-state index contributed by atoms with van der Waals surface area (Å²) >= 11 is 0. The Kier molecular flexibility index (Phi) is 1.97. The predicted molar refractivity (Wildman–Crippen MR) is 67.3 cm³/mol. The maximum Gasteiger partial charge on any atom is 0.339 e. The van der Waals surface area contributed by atoms with Crippen LogP contribution in [0.5, 0.6) is 0 Å². The first-order chi connectivity index (χ1) is 8.70. The van der Waals surface area contributed by atoms with E-state index in [1.165, 1.54) is 12.8 Å². The van der Waals surface area contributed by atoms with Crippen molar-refractivity contribution in [1.29, 1.82) is 0 Å². The number of hydrogen-bond acceptors (Lipinski definition) is 3. The molecule has 94 valence electrons. The van der Waals surface area contributed by atoms with Gasteiger partial charge >= 0.3 is 5.97 Å². The molecule has 3 nitrogen and oxygen atoms in total. The molecule has 1 spiro atoms. The summed E-state index contributed by atoms with van der Waals surface area (Å²) in [6.45, 7) is 0. The van der Waals surface area contributed by atoms with E-state index in [1.54, 1.807) is 0 Å². The summed E-state index contributed by atoms with van der Waals surface area (Å²) in [7, 11) is 2.21. The lowest BCUT2D eigenvalue weighted by Gasteiger charge is -2.42. The Morgan fingerprint density at radius 2 is 1.89 bits per heavy atom. The Morgan fingerprint density at radius 1 is 1.22 bits per heavy atom. The highest BCUT2D eigenvalue weighted by Gasteiger charge is 2.54. The van der Waals surface area contributed by atoms with Gasteiger partial charge in [0.1, 0.15) is 5.60 Å². The third kappa shape index (κ3) is 1.20. The quantitative estimate of drug-likeness (QED) is 0.655. The average molecular weight is 243 g/mol. The van der Waals surface area contributed by atoms with E-state index in [4.69, 9.17) is 4.74 Å². The lowest BCUT2D eigenvalue weighted by atomic mass is 9.80. The van der Waals surface area contributed by atoms with Crippen molar-refractivity contribution < 1.29 is 9.53 Å². The van der Waals surface area contributed by atoms with Crippen LogP contribution < -0.4 is 0 Å². The van der Waals surface area contributed by atoms with Crippen LogP contribution in [0.1, 0.15) is 41.6 Å². The molecule has 0 aliphatic carbocycles. The summed E-state index contributed by atoms with van der Waals surface area (Å²) < 4.78 is 5.82. The summed E-state index contributed by atoms with van der Waals surface area (Å²) in [6, 6.07) is 9.05. The van der Waals surface area contributed by atoms with Gasteiger partial charge in [0, 0.05) is 30.5 Å². The van der Waals surface area contributed by atoms with Gasteiger partial charge in [0.15, 0.2) is 0 Å². The Labute approximate surface area is 107 Å². The molecule has 2 fully saturated rings. The van der Waals surface area contributed by atoms with E-state index in [1.807, 2.05) is 18.2 Å². The molecule has 0 aromatic heterocycles. The Bertz CT molecular complexity index is 511. The summed E-state index contributed by atoms with van der Waals surface area (Å²) in [5.74, 6) is -0.130. The molecule has 3 aliphatic heterocycles. The van der Waals surface area contributed by atoms with E-state index >= 15 is 0 Å². The summed E-state index contributed by atoms with van der Waals surface area (Å²) in [5.41, 5.74) is 1.58. The number of rotatable bonds is 0. The zero-order valence-corrected chi connectivity index (χ0v) is 10.6. The first-order valence-corrected chi connectivity index (χ1v) is 6.74. The van der Waals surface area contributed by atoms with Crippen LogP contribution in [0.25, 0.3) is 0 Å². The van der Waals surface area contributed by atoms with Gasteiger partial charge in [-0.15, -0.1) is 0 Å². The Balaban J connectivity index is 1.81. The van der Waals surface area contributed by atoms with Crippen molar-refractivity contribution >= 4 is 5.97 Å². The van der Waals surface area contributed by atoms with Crippen LogP contribution in [0.4, 0.5) is 0 Å². The minimum Gasteiger partial charge on any atom is -0.450 e. The normalized spacial score (nSPS) is 37.9. The standard InChI is InChI=1S/C15H17NO2/c1-16-10-6-7-11(16)9-15(8-10)13-5-3-2-4-12(13)14(17)18-15/h2-5,10-11H,6-9H2,1H3. The minimum absolute atomic E-state index is 0.130. The van der Waals surface area contributed by atoms with Gasteiger partial charge in [-0.1, -0.05) is 18.2 Å². The molecule has 3 heterocycles. The number of piperidine rings is 1. The van der Waals surface area contributed by atoms with Gasteiger partial charge in [-0.2, -0.15) is 0 Å². The number of fused-ring (bicyclic) bond motifs is 4. The molecule has 1 aromatic rings. The van der Waals surface area contributed by atoms with Crippen LogP contribution in [0, 0.1) is 0 Å². The van der Waals surface area contributed by atoms with Crippen LogP contribution in [-0.2, 0) is 10.3 Å². The first kappa shape index (κ1) is 10.6. The number of ether oxygens (including phenoxy) is 1. The number of hydrogen-bond donors (Lipinski definition) is 0. The molecule has 1 aromatic carbocycles. The van der Waals surface area contributed by atoms with Gasteiger partial charge in [0.2, 0.25) is 0 Å². The molecule has 0 radical (unpaired) electrons. The minimum atomic E-state index is -0.327. The van der Waals surface area contributed by atoms with Gasteiger partial charge in [-0.3, -0.25) is 0 Å². The first-order valence-electron chi connectivity index (χ1n) is 6.74. The van der Waals surface area contributed by atoms with Crippen molar-refractivity contribution in [3.63, 3.8) is 0 Å². The monoisotopic (exact) mass is 243 g/mol. The van der Waals surface area contributed by atoms with E-state index < -0.39 is 0 Å². The Hall–Kier alpha value is -1.35. The van der Waals surface area contributed by atoms with Crippen molar-refractivity contribution in [2.75, 3.05) is 7.05 Å². The molecule has 2 atom stereocenters. The molecule has 0 amide bonds. The number of carbonyl (C=O) groups is 1. The third-order valence-corrected chi connectivity index (χ3v) is 5.04. The second-order valence-corrected chi connectivity index (χ2v) is 5.89. The fraction of sp³-hybridized carbons (Fsp3) is 0.533. The highest BCUT2D eigenvalue weighted by molar-refractivity contribution is 5.94. The van der Waals surface area contributed by atoms with Gasteiger partial charge in [0.25, 0.3) is 0 Å². The third-order valence-electron chi connectivity index (χ3n) is 5.04. The number of carbonyl (C=O) groups excluding carboxylic acids is 1. The van der Waals surface area contributed by atoms with Gasteiger partial charge in [0.05, 0.1) is 5.56 Å². The summed E-state index contributed by atoms with van der Waals surface area (Å²) in [4.78, 5) is 14.5. The number of benzene rings is 1. The van der Waals surface area contributed by atoms with Crippen LogP contribution in [0.15, 0.2) is 24.3 Å². The van der Waals surface area contributed by atoms with E-state index in [0.717, 1.165) is 24.0 Å². The highest BCUT2D eigenvalue weighted by atomic mass is 16.6. The predicted octanol–water partition coefficient (Wildman–Crippen LogP) is 2.31. The van der Waals surface area contributed by atoms with E-state index in [9.17, 15) is 4.79 Å². The summed E-state index contributed by atoms with van der Waals surface area (Å²) in [6.07, 6.45) is 4.40. The highest BCUT2D eigenvalue weighted by Crippen LogP contribution is 2.51. The fourth-order valence-corrected chi connectivity index (χ4v) is 4.08. The lowest BCUT2D eigenvalue weighted by Crippen LogP contribution is -2.47. The molecular formula is C15H17NO2. The maximum absolute atomic E-state index is 12.0. The molecule has 2 unspecified atom stereocenters. The second-order valence-electron chi connectivity index (χ2n) is 5.89. The van der Waals surface area contributed by atoms with Crippen molar-refractivity contribution in [3.05, 3.63) is 35.4 Å². The van der Waals surface area contributed by atoms with Crippen LogP contribution in [0.2, 0.25) is 0 Å². The molecule has 4 rings (SSSR count). The van der Waals surface area contributed by atoms with E-state index in [-0.39, 0.29) is 11.6 Å². The smallest absolute Gasteiger partial charge is 0.339 e. The second kappa shape index (κ2) is 3.35. The number of esters is 1. The molecule has 2 saturated heterocycles. The topological polar surface area (TPSA) is 29.5 Å². The molecule has 3 aliphatic rings. The average Bonchev–Trinajstić information content (AvgIpc) is 2.75. The summed E-state index contributed by atoms with van der Waals surface area (Å²) in [5, 5.41) is 0. The largest absolute Gasteiger partial charge is 0.450 e. The molecule has 3 heteroatoms. The van der Waals surface area contributed by atoms with Gasteiger partial charge < -0.3 is 9.64 Å². The maximum atomic E-state index is 12.0. The molecular weight excluding hydrogens is 226 g/mol. The zero-order valence-electron chi connectivity index (χ0n) is 10.6. The fourth-order valence-electron chi connectivity index (χ4n) is 4.08. The van der Waals surface area contributed by atoms with Crippen molar-refractivity contribution in [2.45, 2.75) is 43.4 Å². The number of nitrogens with zero attached hydrogens (tertiary/aromatic N) is 1. The molecule has 0 saturated carbocycles. The van der Waals surface area contributed by atoms with Crippen LogP contribution >= 0.6 is 0 Å². The van der Waals surface area contributed by atoms with Crippen molar-refractivity contribution in [3.8, 4) is 0 Å². The molecule has 0 N–H and O–H groups in total. The molecule has 18 heavy (non-hydrogen) atoms. The van der Waals surface area contributed by atoms with Gasteiger partial charge in [-0.25, -0.2) is 4.79 Å². The van der Waals surface area contributed by atoms with Gasteiger partial charge in [-0.05, 0) is 26.0 Å². The zero-order chi connectivity index (χ0) is 12.3. The van der Waals surface area contributed by atoms with Crippen LogP contribution in [-0.4, -0.2) is 30.0 Å². The lowest BCUT2D eigenvalue weighted by molar-refractivity contribution is -0.0594. The van der Waals surface area contributed by atoms with Crippen molar-refractivity contribution in [2.24, 2.45) is 0 Å². The SMILES string of the molecule is CN1C2CCC1CC1(C2)OC(=O)c2ccccc21. The van der Waals surface area contributed by atoms with Crippen molar-refractivity contribution in [1.82, 2.24) is 4.90 Å².